The molecule has 0 aromatic rings. The summed E-state index contributed by atoms with van der Waals surface area (Å²) in [5.74, 6) is 0. The maximum Gasteiger partial charge on any atom is 0.220 e. The van der Waals surface area contributed by atoms with Crippen LogP contribution in [0.3, 0.4) is 0 Å². The van der Waals surface area contributed by atoms with Gasteiger partial charge in [0.1, 0.15) is 5.25 Å². The van der Waals surface area contributed by atoms with E-state index in [4.69, 9.17) is 18.0 Å². The Balaban J connectivity index is 2.63. The number of sulfonamides is 1. The van der Waals surface area contributed by atoms with Crippen molar-refractivity contribution in [2.75, 3.05) is 13.6 Å². The molecule has 7 heteroatoms. The van der Waals surface area contributed by atoms with Crippen LogP contribution in [0.4, 0.5) is 0 Å². The van der Waals surface area contributed by atoms with Crippen LogP contribution in [0.2, 0.25) is 0 Å². The minimum atomic E-state index is -3.43. The summed E-state index contributed by atoms with van der Waals surface area (Å²) in [4.78, 5) is 2.24. The summed E-state index contributed by atoms with van der Waals surface area (Å²) in [5.41, 5.74) is 5.38. The van der Waals surface area contributed by atoms with Crippen molar-refractivity contribution in [3.63, 3.8) is 0 Å². The number of hydrogen-bond acceptors (Lipinski definition) is 4. The smallest absolute Gasteiger partial charge is 0.220 e. The van der Waals surface area contributed by atoms with Gasteiger partial charge in [0.15, 0.2) is 0 Å². The summed E-state index contributed by atoms with van der Waals surface area (Å²) in [7, 11) is -1.39. The molecule has 1 aliphatic rings. The van der Waals surface area contributed by atoms with Gasteiger partial charge in [-0.2, -0.15) is 0 Å². The summed E-state index contributed by atoms with van der Waals surface area (Å²) in [6.45, 7) is 4.51. The Morgan fingerprint density at radius 2 is 2.18 bits per heavy atom. The zero-order chi connectivity index (χ0) is 13.2. The average Bonchev–Trinajstić information content (AvgIpc) is 2.22. The monoisotopic (exact) mass is 279 g/mol. The molecule has 0 saturated carbocycles. The van der Waals surface area contributed by atoms with Crippen LogP contribution in [0.15, 0.2) is 0 Å². The van der Waals surface area contributed by atoms with Gasteiger partial charge < -0.3 is 10.6 Å². The molecular weight excluding hydrogens is 258 g/mol. The Labute approximate surface area is 109 Å². The van der Waals surface area contributed by atoms with E-state index < -0.39 is 15.3 Å². The Bertz CT molecular complexity index is 383. The van der Waals surface area contributed by atoms with Crippen LogP contribution < -0.4 is 10.5 Å². The molecule has 0 bridgehead atoms. The van der Waals surface area contributed by atoms with E-state index in [2.05, 4.69) is 16.5 Å². The van der Waals surface area contributed by atoms with Gasteiger partial charge in [-0.15, -0.1) is 0 Å². The number of thiocarbonyl (C=S) groups is 1. The lowest BCUT2D eigenvalue weighted by Gasteiger charge is -2.35. The van der Waals surface area contributed by atoms with E-state index in [1.807, 2.05) is 7.05 Å². The molecule has 0 amide bonds. The molecule has 0 aromatic heterocycles. The van der Waals surface area contributed by atoms with E-state index >= 15 is 0 Å². The van der Waals surface area contributed by atoms with Gasteiger partial charge in [-0.3, -0.25) is 0 Å². The highest BCUT2D eigenvalue weighted by molar-refractivity contribution is 7.93. The fraction of sp³-hybridized carbons (Fsp3) is 0.900. The lowest BCUT2D eigenvalue weighted by Crippen LogP contribution is -2.50. The molecule has 0 aromatic carbocycles. The molecule has 3 unspecified atom stereocenters. The van der Waals surface area contributed by atoms with Gasteiger partial charge >= 0.3 is 0 Å². The van der Waals surface area contributed by atoms with Gasteiger partial charge in [0.25, 0.3) is 0 Å². The topological polar surface area (TPSA) is 75.4 Å². The van der Waals surface area contributed by atoms with E-state index in [0.29, 0.717) is 6.04 Å². The summed E-state index contributed by atoms with van der Waals surface area (Å²) in [6.07, 6.45) is 1.64. The molecule has 3 atom stereocenters. The Kier molecular flexibility index (Phi) is 4.88. The molecule has 0 radical (unpaired) electrons. The molecule has 0 aliphatic carbocycles. The van der Waals surface area contributed by atoms with Crippen molar-refractivity contribution >= 4 is 27.2 Å². The Morgan fingerprint density at radius 3 is 2.65 bits per heavy atom. The number of rotatable bonds is 4. The van der Waals surface area contributed by atoms with E-state index in [1.54, 1.807) is 0 Å². The van der Waals surface area contributed by atoms with E-state index in [9.17, 15) is 8.42 Å². The summed E-state index contributed by atoms with van der Waals surface area (Å²) in [5, 5.41) is -0.813. The highest BCUT2D eigenvalue weighted by Gasteiger charge is 2.30. The minimum Gasteiger partial charge on any atom is -0.392 e. The number of nitrogens with two attached hydrogens (primary N) is 1. The molecule has 100 valence electrons. The first-order valence-corrected chi connectivity index (χ1v) is 7.70. The molecule has 17 heavy (non-hydrogen) atoms. The van der Waals surface area contributed by atoms with Crippen LogP contribution in [-0.2, 0) is 10.0 Å². The number of likely N-dealkylation sites (tertiary alicyclic amines) is 1. The first-order valence-electron chi connectivity index (χ1n) is 5.74. The molecule has 1 saturated heterocycles. The Hall–Kier alpha value is -0.240. The summed E-state index contributed by atoms with van der Waals surface area (Å²) >= 11 is 4.73. The second-order valence-electron chi connectivity index (χ2n) is 4.76. The number of hydrogen-bond donors (Lipinski definition) is 2. The first-order chi connectivity index (χ1) is 7.74. The summed E-state index contributed by atoms with van der Waals surface area (Å²) in [6, 6.07) is 0.375. The lowest BCUT2D eigenvalue weighted by molar-refractivity contribution is 0.178. The van der Waals surface area contributed by atoms with Crippen molar-refractivity contribution in [1.29, 1.82) is 0 Å². The van der Waals surface area contributed by atoms with E-state index in [-0.39, 0.29) is 11.0 Å². The maximum atomic E-state index is 11.9. The number of nitrogens with one attached hydrogen (secondary N) is 1. The summed E-state index contributed by atoms with van der Waals surface area (Å²) < 4.78 is 26.6. The highest BCUT2D eigenvalue weighted by atomic mass is 32.2. The fourth-order valence-corrected chi connectivity index (χ4v) is 3.45. The molecule has 0 spiro atoms. The second kappa shape index (κ2) is 5.60. The zero-order valence-electron chi connectivity index (χ0n) is 10.5. The van der Waals surface area contributed by atoms with Crippen molar-refractivity contribution < 1.29 is 8.42 Å². The largest absolute Gasteiger partial charge is 0.392 e. The van der Waals surface area contributed by atoms with Crippen molar-refractivity contribution in [3.8, 4) is 0 Å². The zero-order valence-corrected chi connectivity index (χ0v) is 12.1. The fourth-order valence-electron chi connectivity index (χ4n) is 1.88. The van der Waals surface area contributed by atoms with Crippen LogP contribution in [0.25, 0.3) is 0 Å². The standard InChI is InChI=1S/C10H21N3O2S2/c1-7-6-9(4-5-13(7)3)12-17(14,15)8(2)10(11)16/h7-9,12H,4-6H2,1-3H3,(H2,11,16). The predicted octanol–water partition coefficient (Wildman–Crippen LogP) is 0.0631. The first kappa shape index (κ1) is 14.8. The van der Waals surface area contributed by atoms with Gasteiger partial charge in [-0.1, -0.05) is 12.2 Å². The quantitative estimate of drug-likeness (QED) is 0.712. The van der Waals surface area contributed by atoms with Crippen LogP contribution in [0.1, 0.15) is 26.7 Å². The number of piperidine rings is 1. The van der Waals surface area contributed by atoms with E-state index in [0.717, 1.165) is 19.4 Å². The average molecular weight is 279 g/mol. The van der Waals surface area contributed by atoms with Gasteiger partial charge in [-0.25, -0.2) is 13.1 Å². The van der Waals surface area contributed by atoms with Crippen molar-refractivity contribution in [3.05, 3.63) is 0 Å². The third-order valence-corrected chi connectivity index (χ3v) is 5.75. The van der Waals surface area contributed by atoms with Crippen molar-refractivity contribution in [2.45, 2.75) is 44.0 Å². The normalized spacial score (nSPS) is 28.9. The van der Waals surface area contributed by atoms with E-state index in [1.165, 1.54) is 6.92 Å². The predicted molar refractivity (Wildman–Crippen MR) is 73.4 cm³/mol. The maximum absolute atomic E-state index is 11.9. The van der Waals surface area contributed by atoms with Crippen LogP contribution in [0.5, 0.6) is 0 Å². The minimum absolute atomic E-state index is 0.0111. The van der Waals surface area contributed by atoms with Crippen molar-refractivity contribution in [2.24, 2.45) is 5.73 Å². The molecule has 1 fully saturated rings. The van der Waals surface area contributed by atoms with Crippen LogP contribution in [-0.4, -0.2) is 49.2 Å². The SMILES string of the molecule is CC1CC(NS(=O)(=O)C(C)C(N)=S)CCN1C. The molecule has 1 rings (SSSR count). The molecule has 1 aliphatic heterocycles. The van der Waals surface area contributed by atoms with Gasteiger partial charge in [0.2, 0.25) is 10.0 Å². The van der Waals surface area contributed by atoms with Crippen molar-refractivity contribution in [1.82, 2.24) is 9.62 Å². The molecule has 3 N–H and O–H groups in total. The van der Waals surface area contributed by atoms with Crippen LogP contribution in [0, 0.1) is 0 Å². The molecular formula is C10H21N3O2S2. The highest BCUT2D eigenvalue weighted by Crippen LogP contribution is 2.16. The third-order valence-electron chi connectivity index (χ3n) is 3.41. The molecule has 1 heterocycles. The Morgan fingerprint density at radius 1 is 1.59 bits per heavy atom. The van der Waals surface area contributed by atoms with Gasteiger partial charge in [0.05, 0.1) is 4.99 Å². The van der Waals surface area contributed by atoms with Crippen LogP contribution >= 0.6 is 12.2 Å². The lowest BCUT2D eigenvalue weighted by atomic mass is 10.0. The number of nitrogens with zero attached hydrogens (tertiary/aromatic N) is 1. The third kappa shape index (κ3) is 3.87. The second-order valence-corrected chi connectivity index (χ2v) is 7.26. The van der Waals surface area contributed by atoms with Gasteiger partial charge in [0, 0.05) is 12.1 Å². The van der Waals surface area contributed by atoms with Gasteiger partial charge in [-0.05, 0) is 40.3 Å². The molecule has 5 nitrogen and oxygen atoms in total.